The van der Waals surface area contributed by atoms with Crippen molar-refractivity contribution in [3.8, 4) is 0 Å². The Bertz CT molecular complexity index is 658. The van der Waals surface area contributed by atoms with E-state index in [0.29, 0.717) is 18.2 Å². The van der Waals surface area contributed by atoms with Gasteiger partial charge in [0.15, 0.2) is 0 Å². The second-order valence-electron chi connectivity index (χ2n) is 6.09. The van der Waals surface area contributed by atoms with E-state index >= 15 is 0 Å². The van der Waals surface area contributed by atoms with Crippen LogP contribution in [0.15, 0.2) is 23.1 Å². The molecule has 0 aliphatic carbocycles. The molecule has 31 heavy (non-hydrogen) atoms. The molecule has 0 fully saturated rings. The first-order valence-corrected chi connectivity index (χ1v) is 16.8. The lowest BCUT2D eigenvalue weighted by Gasteiger charge is -2.13. The highest BCUT2D eigenvalue weighted by atomic mass is 32.2. The Labute approximate surface area is 193 Å². The van der Waals surface area contributed by atoms with Gasteiger partial charge in [-0.1, -0.05) is 0 Å². The molecule has 7 nitrogen and oxygen atoms in total. The summed E-state index contributed by atoms with van der Waals surface area (Å²) in [7, 11) is -2.50. The summed E-state index contributed by atoms with van der Waals surface area (Å²) in [6.45, 7) is 13.5. The van der Waals surface area contributed by atoms with Gasteiger partial charge in [-0.2, -0.15) is 0 Å². The number of hydrogen-bond acceptors (Lipinski definition) is 7. The number of carbonyl (C=O) groups excluding carboxylic acids is 2. The van der Waals surface area contributed by atoms with Crippen molar-refractivity contribution in [1.82, 2.24) is 0 Å². The second kappa shape index (κ2) is 22.6. The molecule has 182 valence electrons. The fourth-order valence-corrected chi connectivity index (χ4v) is 4.12. The molecular formula is C20H39O7P3S. The van der Waals surface area contributed by atoms with E-state index in [2.05, 4.69) is 41.5 Å². The van der Waals surface area contributed by atoms with Gasteiger partial charge in [0.25, 0.3) is 0 Å². The average molecular weight is 517 g/mol. The summed E-state index contributed by atoms with van der Waals surface area (Å²) in [6, 6.07) is 1.67. The fraction of sp³-hybridized carbons (Fsp3) is 0.600. The second-order valence-corrected chi connectivity index (χ2v) is 14.1. The Morgan fingerprint density at radius 1 is 0.677 bits per heavy atom. The molecular weight excluding hydrogens is 477 g/mol. The molecule has 1 aromatic rings. The first-order valence-electron chi connectivity index (χ1n) is 10.4. The number of carboxylic acid groups (broad SMARTS) is 2. The van der Waals surface area contributed by atoms with E-state index in [9.17, 15) is 32.8 Å². The SMILES string of the molecule is CC[PH2+]CC.CC[PH2+]CC.CC[PH2+]CC.O=C([O-])c1cc(C(=O)[O-])cc(S(=O)(=O)[O-])c1. The van der Waals surface area contributed by atoms with Crippen molar-refractivity contribution >= 4 is 47.8 Å². The minimum absolute atomic E-state index is 0.518. The predicted octanol–water partition coefficient (Wildman–Crippen LogP) is 1.63. The zero-order chi connectivity index (χ0) is 24.9. The van der Waals surface area contributed by atoms with E-state index in [1.54, 1.807) is 0 Å². The van der Waals surface area contributed by atoms with Gasteiger partial charge < -0.3 is 24.4 Å². The lowest BCUT2D eigenvalue weighted by atomic mass is 10.1. The van der Waals surface area contributed by atoms with Crippen LogP contribution >= 0.6 is 25.7 Å². The number of carboxylic acids is 2. The first kappa shape index (κ1) is 35.0. The van der Waals surface area contributed by atoms with Crippen molar-refractivity contribution in [3.63, 3.8) is 0 Å². The number of benzene rings is 1. The Hall–Kier alpha value is -0.640. The van der Waals surface area contributed by atoms with Crippen molar-refractivity contribution in [2.24, 2.45) is 0 Å². The normalized spacial score (nSPS) is 9.77. The van der Waals surface area contributed by atoms with Crippen molar-refractivity contribution in [2.75, 3.05) is 37.0 Å². The molecule has 1 aromatic carbocycles. The smallest absolute Gasteiger partial charge is 0.124 e. The van der Waals surface area contributed by atoms with E-state index in [4.69, 9.17) is 0 Å². The largest absolute Gasteiger partial charge is 0.744 e. The summed E-state index contributed by atoms with van der Waals surface area (Å²) in [5.41, 5.74) is -1.45. The number of hydrogen-bond donors (Lipinski definition) is 0. The number of carbonyl (C=O) groups is 2. The highest BCUT2D eigenvalue weighted by Crippen LogP contribution is 2.14. The van der Waals surface area contributed by atoms with Crippen LogP contribution in [-0.4, -0.2) is 61.9 Å². The third-order valence-electron chi connectivity index (χ3n) is 3.40. The molecule has 0 N–H and O–H groups in total. The molecule has 0 saturated heterocycles. The molecule has 0 heterocycles. The first-order chi connectivity index (χ1) is 14.5. The third-order valence-corrected chi connectivity index (χ3v) is 7.68. The molecule has 1 rings (SSSR count). The summed E-state index contributed by atoms with van der Waals surface area (Å²) in [6.07, 6.45) is 8.56. The van der Waals surface area contributed by atoms with Gasteiger partial charge in [0.05, 0.1) is 53.8 Å². The van der Waals surface area contributed by atoms with E-state index < -0.39 is 38.1 Å². The minimum Gasteiger partial charge on any atom is -0.744 e. The molecule has 11 heteroatoms. The van der Waals surface area contributed by atoms with Gasteiger partial charge in [-0.05, 0) is 96.6 Å². The predicted molar refractivity (Wildman–Crippen MR) is 135 cm³/mol. The van der Waals surface area contributed by atoms with Crippen molar-refractivity contribution in [1.29, 1.82) is 0 Å². The monoisotopic (exact) mass is 516 g/mol. The number of aromatic carboxylic acids is 2. The van der Waals surface area contributed by atoms with Crippen LogP contribution in [0.4, 0.5) is 0 Å². The fourth-order valence-electron chi connectivity index (χ4n) is 1.85. The number of rotatable bonds is 9. The molecule has 0 atom stereocenters. The topological polar surface area (TPSA) is 137 Å². The van der Waals surface area contributed by atoms with Crippen LogP contribution in [0.25, 0.3) is 0 Å². The Kier molecular flexibility index (Phi) is 25.4. The van der Waals surface area contributed by atoms with Gasteiger partial charge in [0, 0.05) is 0 Å². The van der Waals surface area contributed by atoms with Gasteiger partial charge in [-0.15, -0.1) is 0 Å². The molecule has 0 amide bonds. The third kappa shape index (κ3) is 22.3. The van der Waals surface area contributed by atoms with Crippen molar-refractivity contribution in [3.05, 3.63) is 29.3 Å². The Balaban J connectivity index is -0.000000428. The van der Waals surface area contributed by atoms with Gasteiger partial charge in [-0.25, -0.2) is 8.42 Å². The minimum atomic E-state index is -4.95. The molecule has 0 radical (unpaired) electrons. The summed E-state index contributed by atoms with van der Waals surface area (Å²) in [5, 5.41) is 20.9. The zero-order valence-corrected chi connectivity index (χ0v) is 23.8. The molecule has 0 spiro atoms. The quantitative estimate of drug-likeness (QED) is 0.359. The van der Waals surface area contributed by atoms with E-state index in [-0.39, 0.29) is 0 Å². The molecule has 0 unspecified atom stereocenters. The molecule has 0 aliphatic rings. The van der Waals surface area contributed by atoms with Crippen LogP contribution in [0.1, 0.15) is 62.3 Å². The molecule has 0 bridgehead atoms. The zero-order valence-electron chi connectivity index (χ0n) is 19.5. The summed E-state index contributed by atoms with van der Waals surface area (Å²) < 4.78 is 31.8. The van der Waals surface area contributed by atoms with Crippen LogP contribution in [0.3, 0.4) is 0 Å². The van der Waals surface area contributed by atoms with E-state index in [0.717, 1.165) is 25.7 Å². The van der Waals surface area contributed by atoms with Crippen molar-refractivity contribution in [2.45, 2.75) is 46.4 Å². The lowest BCUT2D eigenvalue weighted by molar-refractivity contribution is -0.255. The molecule has 0 saturated carbocycles. The highest BCUT2D eigenvalue weighted by molar-refractivity contribution is 7.85. The summed E-state index contributed by atoms with van der Waals surface area (Å²) in [4.78, 5) is 19.9. The molecule has 0 aliphatic heterocycles. The van der Waals surface area contributed by atoms with Crippen LogP contribution in [0, 0.1) is 0 Å². The lowest BCUT2D eigenvalue weighted by Crippen LogP contribution is -2.26. The maximum absolute atomic E-state index is 10.6. The van der Waals surface area contributed by atoms with E-state index in [1.807, 2.05) is 0 Å². The van der Waals surface area contributed by atoms with Gasteiger partial charge in [0.1, 0.15) is 10.1 Å². The average Bonchev–Trinajstić information content (AvgIpc) is 2.70. The standard InChI is InChI=1S/C8H6O7S.3C4H11P/c9-7(10)4-1-5(8(11)12)3-6(2-4)16(13,14)15;3*1-3-5-4-2/h1-3H,(H,9,10)(H,11,12)(H,13,14,15);3*5H,3-4H2,1-2H3. The van der Waals surface area contributed by atoms with E-state index in [1.165, 1.54) is 37.0 Å². The van der Waals surface area contributed by atoms with Crippen LogP contribution in [0.2, 0.25) is 0 Å². The van der Waals surface area contributed by atoms with Crippen molar-refractivity contribution < 1.29 is 32.8 Å². The van der Waals surface area contributed by atoms with Gasteiger partial charge in [-0.3, -0.25) is 0 Å². The Morgan fingerprint density at radius 3 is 1.06 bits per heavy atom. The summed E-state index contributed by atoms with van der Waals surface area (Å²) >= 11 is 0. The maximum atomic E-state index is 10.6. The Morgan fingerprint density at radius 2 is 0.935 bits per heavy atom. The maximum Gasteiger partial charge on any atom is 0.124 e. The summed E-state index contributed by atoms with van der Waals surface area (Å²) in [5.74, 6) is -3.60. The van der Waals surface area contributed by atoms with Gasteiger partial charge >= 0.3 is 0 Å². The van der Waals surface area contributed by atoms with Crippen LogP contribution < -0.4 is 10.2 Å². The highest BCUT2D eigenvalue weighted by Gasteiger charge is 2.07. The van der Waals surface area contributed by atoms with Gasteiger partial charge in [0.2, 0.25) is 0 Å². The molecule has 0 aromatic heterocycles. The van der Waals surface area contributed by atoms with Crippen LogP contribution in [0.5, 0.6) is 0 Å². The van der Waals surface area contributed by atoms with Crippen LogP contribution in [-0.2, 0) is 10.1 Å².